The number of nitro groups is 1. The van der Waals surface area contributed by atoms with Crippen molar-refractivity contribution in [3.05, 3.63) is 63.7 Å². The molecule has 5 heteroatoms. The molecule has 0 aliphatic heterocycles. The second kappa shape index (κ2) is 6.26. The maximum atomic E-state index is 10.8. The molecule has 0 spiro atoms. The molecule has 2 aromatic carbocycles. The van der Waals surface area contributed by atoms with Crippen molar-refractivity contribution in [1.29, 1.82) is 0 Å². The number of rotatable bonds is 5. The van der Waals surface area contributed by atoms with Crippen molar-refractivity contribution in [2.24, 2.45) is 0 Å². The van der Waals surface area contributed by atoms with Crippen molar-refractivity contribution in [2.75, 3.05) is 12.4 Å². The molecular weight excluding hydrogens is 268 g/mol. The third kappa shape index (κ3) is 3.51. The Bertz CT molecular complexity index is 656. The van der Waals surface area contributed by atoms with Crippen molar-refractivity contribution in [2.45, 2.75) is 19.9 Å². The molecule has 0 aliphatic carbocycles. The maximum absolute atomic E-state index is 10.8. The fraction of sp³-hybridized carbons (Fsp3) is 0.250. The van der Waals surface area contributed by atoms with Gasteiger partial charge in [-0.25, -0.2) is 0 Å². The quantitative estimate of drug-likeness (QED) is 0.664. The third-order valence-electron chi connectivity index (χ3n) is 3.31. The second-order valence-electron chi connectivity index (χ2n) is 4.92. The Kier molecular flexibility index (Phi) is 4.42. The van der Waals surface area contributed by atoms with E-state index in [1.165, 1.54) is 6.07 Å². The van der Waals surface area contributed by atoms with E-state index >= 15 is 0 Å². The molecule has 2 aromatic rings. The molecular formula is C16H18N2O3. The number of ether oxygens (including phenoxy) is 1. The van der Waals surface area contributed by atoms with Gasteiger partial charge in [0.15, 0.2) is 0 Å². The van der Waals surface area contributed by atoms with Crippen molar-refractivity contribution in [1.82, 2.24) is 0 Å². The Morgan fingerprint density at radius 2 is 2.00 bits per heavy atom. The van der Waals surface area contributed by atoms with Gasteiger partial charge >= 0.3 is 0 Å². The second-order valence-corrected chi connectivity index (χ2v) is 4.92. The molecule has 0 aromatic heterocycles. The fourth-order valence-corrected chi connectivity index (χ4v) is 2.16. The minimum absolute atomic E-state index is 0.0689. The Hall–Kier alpha value is -2.56. The first-order chi connectivity index (χ1) is 10.0. The van der Waals surface area contributed by atoms with E-state index < -0.39 is 0 Å². The molecule has 0 heterocycles. The van der Waals surface area contributed by atoms with Gasteiger partial charge in [-0.2, -0.15) is 0 Å². The average molecular weight is 286 g/mol. The van der Waals surface area contributed by atoms with Crippen molar-refractivity contribution < 1.29 is 9.66 Å². The zero-order chi connectivity index (χ0) is 15.4. The molecule has 0 aliphatic rings. The Morgan fingerprint density at radius 3 is 2.67 bits per heavy atom. The van der Waals surface area contributed by atoms with E-state index in [9.17, 15) is 10.1 Å². The highest BCUT2D eigenvalue weighted by atomic mass is 16.6. The molecule has 0 amide bonds. The van der Waals surface area contributed by atoms with Crippen LogP contribution in [0.3, 0.4) is 0 Å². The van der Waals surface area contributed by atoms with Crippen molar-refractivity contribution in [3.63, 3.8) is 0 Å². The topological polar surface area (TPSA) is 64.4 Å². The number of aryl methyl sites for hydroxylation is 1. The van der Waals surface area contributed by atoms with Crippen LogP contribution in [-0.2, 0) is 0 Å². The SMILES string of the molecule is COc1ccc(C)cc1NC(C)c1cccc([N+](=O)[O-])c1. The monoisotopic (exact) mass is 286 g/mol. The van der Waals surface area contributed by atoms with Gasteiger partial charge in [-0.15, -0.1) is 0 Å². The smallest absolute Gasteiger partial charge is 0.269 e. The van der Waals surface area contributed by atoms with Gasteiger partial charge in [0.1, 0.15) is 5.75 Å². The average Bonchev–Trinajstić information content (AvgIpc) is 2.47. The van der Waals surface area contributed by atoms with E-state index in [-0.39, 0.29) is 16.7 Å². The molecule has 2 rings (SSSR count). The molecule has 0 saturated carbocycles. The Morgan fingerprint density at radius 1 is 1.24 bits per heavy atom. The van der Waals surface area contributed by atoms with Crippen LogP contribution >= 0.6 is 0 Å². The van der Waals surface area contributed by atoms with Crippen LogP contribution in [0.15, 0.2) is 42.5 Å². The van der Waals surface area contributed by atoms with Gasteiger partial charge in [0, 0.05) is 18.2 Å². The summed E-state index contributed by atoms with van der Waals surface area (Å²) >= 11 is 0. The van der Waals surface area contributed by atoms with Crippen LogP contribution in [0.5, 0.6) is 5.75 Å². The van der Waals surface area contributed by atoms with Crippen LogP contribution < -0.4 is 10.1 Å². The lowest BCUT2D eigenvalue weighted by molar-refractivity contribution is -0.384. The normalized spacial score (nSPS) is 11.8. The number of nitrogens with one attached hydrogen (secondary N) is 1. The van der Waals surface area contributed by atoms with Crippen LogP contribution in [0.2, 0.25) is 0 Å². The van der Waals surface area contributed by atoms with E-state index in [0.717, 1.165) is 22.6 Å². The molecule has 0 saturated heterocycles. The lowest BCUT2D eigenvalue weighted by atomic mass is 10.1. The van der Waals surface area contributed by atoms with E-state index in [1.807, 2.05) is 38.1 Å². The van der Waals surface area contributed by atoms with E-state index in [1.54, 1.807) is 19.2 Å². The van der Waals surface area contributed by atoms with Crippen LogP contribution in [-0.4, -0.2) is 12.0 Å². The molecule has 5 nitrogen and oxygen atoms in total. The van der Waals surface area contributed by atoms with E-state index in [4.69, 9.17) is 4.74 Å². The number of methoxy groups -OCH3 is 1. The zero-order valence-electron chi connectivity index (χ0n) is 12.3. The molecule has 1 unspecified atom stereocenters. The van der Waals surface area contributed by atoms with Crippen molar-refractivity contribution >= 4 is 11.4 Å². The van der Waals surface area contributed by atoms with Gasteiger partial charge in [0.2, 0.25) is 0 Å². The molecule has 0 fully saturated rings. The maximum Gasteiger partial charge on any atom is 0.269 e. The van der Waals surface area contributed by atoms with Crippen LogP contribution in [0.1, 0.15) is 24.1 Å². The van der Waals surface area contributed by atoms with Gasteiger partial charge in [0.25, 0.3) is 5.69 Å². The first kappa shape index (κ1) is 14.8. The number of hydrogen-bond acceptors (Lipinski definition) is 4. The highest BCUT2D eigenvalue weighted by Gasteiger charge is 2.12. The summed E-state index contributed by atoms with van der Waals surface area (Å²) in [4.78, 5) is 10.5. The van der Waals surface area contributed by atoms with E-state index in [2.05, 4.69) is 5.32 Å². The lowest BCUT2D eigenvalue weighted by Gasteiger charge is -2.18. The lowest BCUT2D eigenvalue weighted by Crippen LogP contribution is -2.08. The number of nitro benzene ring substituents is 1. The minimum Gasteiger partial charge on any atom is -0.495 e. The molecule has 0 bridgehead atoms. The fourth-order valence-electron chi connectivity index (χ4n) is 2.16. The van der Waals surface area contributed by atoms with Crippen molar-refractivity contribution in [3.8, 4) is 5.75 Å². The summed E-state index contributed by atoms with van der Waals surface area (Å²) in [6, 6.07) is 12.4. The molecule has 1 N–H and O–H groups in total. The largest absolute Gasteiger partial charge is 0.495 e. The third-order valence-corrected chi connectivity index (χ3v) is 3.31. The number of benzene rings is 2. The molecule has 0 radical (unpaired) electrons. The summed E-state index contributed by atoms with van der Waals surface area (Å²) in [5, 5.41) is 14.2. The summed E-state index contributed by atoms with van der Waals surface area (Å²) in [5.41, 5.74) is 2.94. The van der Waals surface area contributed by atoms with Gasteiger partial charge in [-0.05, 0) is 37.1 Å². The predicted molar refractivity (Wildman–Crippen MR) is 82.9 cm³/mol. The van der Waals surface area contributed by atoms with E-state index in [0.29, 0.717) is 0 Å². The number of hydrogen-bond donors (Lipinski definition) is 1. The van der Waals surface area contributed by atoms with Gasteiger partial charge in [-0.1, -0.05) is 18.2 Å². The Labute approximate surface area is 123 Å². The van der Waals surface area contributed by atoms with Crippen LogP contribution in [0, 0.1) is 17.0 Å². The van der Waals surface area contributed by atoms with Gasteiger partial charge in [-0.3, -0.25) is 10.1 Å². The van der Waals surface area contributed by atoms with Gasteiger partial charge < -0.3 is 10.1 Å². The minimum atomic E-state index is -0.385. The molecule has 110 valence electrons. The summed E-state index contributed by atoms with van der Waals surface area (Å²) in [7, 11) is 1.62. The van der Waals surface area contributed by atoms with Gasteiger partial charge in [0.05, 0.1) is 17.7 Å². The number of anilines is 1. The summed E-state index contributed by atoms with van der Waals surface area (Å²) in [6.45, 7) is 3.96. The first-order valence-corrected chi connectivity index (χ1v) is 6.67. The molecule has 21 heavy (non-hydrogen) atoms. The number of nitrogens with zero attached hydrogens (tertiary/aromatic N) is 1. The summed E-state index contributed by atoms with van der Waals surface area (Å²) in [5.74, 6) is 0.748. The van der Waals surface area contributed by atoms with Crippen LogP contribution in [0.25, 0.3) is 0 Å². The predicted octanol–water partition coefficient (Wildman–Crippen LogP) is 4.08. The molecule has 1 atom stereocenters. The first-order valence-electron chi connectivity index (χ1n) is 6.67. The highest BCUT2D eigenvalue weighted by molar-refractivity contribution is 5.59. The van der Waals surface area contributed by atoms with Crippen LogP contribution in [0.4, 0.5) is 11.4 Å². The zero-order valence-corrected chi connectivity index (χ0v) is 12.3. The Balaban J connectivity index is 2.25. The standard InChI is InChI=1S/C16H18N2O3/c1-11-7-8-16(21-3)15(9-11)17-12(2)13-5-4-6-14(10-13)18(19)20/h4-10,12,17H,1-3H3. The summed E-state index contributed by atoms with van der Waals surface area (Å²) < 4.78 is 5.33. The highest BCUT2D eigenvalue weighted by Crippen LogP contribution is 2.29. The number of non-ortho nitro benzene ring substituents is 1. The summed E-state index contributed by atoms with van der Waals surface area (Å²) in [6.07, 6.45) is 0.